The standard InChI is InChI=1S/C8H15NO5S2/c10-15(11)6-3-8(7-15)16(12,13)9-4-1-2-5-14-9/h8H,1-7H2. The summed E-state index contributed by atoms with van der Waals surface area (Å²) in [6, 6.07) is 0. The maximum absolute atomic E-state index is 12.0. The van der Waals surface area contributed by atoms with Gasteiger partial charge in [0.05, 0.1) is 23.4 Å². The molecular weight excluding hydrogens is 254 g/mol. The van der Waals surface area contributed by atoms with Gasteiger partial charge in [-0.25, -0.2) is 16.8 Å². The molecule has 0 aliphatic carbocycles. The van der Waals surface area contributed by atoms with Gasteiger partial charge in [0, 0.05) is 6.54 Å². The van der Waals surface area contributed by atoms with E-state index in [9.17, 15) is 16.8 Å². The zero-order valence-electron chi connectivity index (χ0n) is 8.83. The first-order chi connectivity index (χ1) is 7.42. The second-order valence-electron chi connectivity index (χ2n) is 4.14. The zero-order valence-corrected chi connectivity index (χ0v) is 10.5. The van der Waals surface area contributed by atoms with E-state index in [1.807, 2.05) is 0 Å². The SMILES string of the molecule is O=S1(=O)CCC(S(=O)(=O)N2CCCCO2)C1. The lowest BCUT2D eigenvalue weighted by atomic mass is 10.3. The lowest BCUT2D eigenvalue weighted by molar-refractivity contribution is -0.109. The molecule has 2 rings (SSSR count). The van der Waals surface area contributed by atoms with Crippen molar-refractivity contribution in [2.75, 3.05) is 24.7 Å². The summed E-state index contributed by atoms with van der Waals surface area (Å²) in [6.07, 6.45) is 1.79. The molecule has 94 valence electrons. The van der Waals surface area contributed by atoms with Gasteiger partial charge in [0.15, 0.2) is 9.84 Å². The van der Waals surface area contributed by atoms with Crippen LogP contribution in [0.3, 0.4) is 0 Å². The van der Waals surface area contributed by atoms with Crippen molar-refractivity contribution < 1.29 is 21.7 Å². The number of hydrogen-bond acceptors (Lipinski definition) is 5. The van der Waals surface area contributed by atoms with Gasteiger partial charge in [-0.15, -0.1) is 0 Å². The monoisotopic (exact) mass is 269 g/mol. The van der Waals surface area contributed by atoms with Crippen LogP contribution in [0.2, 0.25) is 0 Å². The summed E-state index contributed by atoms with van der Waals surface area (Å²) in [6.45, 7) is 0.720. The molecule has 0 saturated carbocycles. The van der Waals surface area contributed by atoms with Crippen molar-refractivity contribution in [1.29, 1.82) is 0 Å². The minimum Gasteiger partial charge on any atom is -0.284 e. The highest BCUT2D eigenvalue weighted by molar-refractivity contribution is 7.95. The van der Waals surface area contributed by atoms with E-state index in [2.05, 4.69) is 0 Å². The molecule has 2 fully saturated rings. The maximum Gasteiger partial charge on any atom is 0.239 e. The highest BCUT2D eigenvalue weighted by Gasteiger charge is 2.41. The highest BCUT2D eigenvalue weighted by Crippen LogP contribution is 2.24. The molecule has 0 amide bonds. The van der Waals surface area contributed by atoms with Crippen LogP contribution < -0.4 is 0 Å². The van der Waals surface area contributed by atoms with Gasteiger partial charge in [-0.2, -0.15) is 0 Å². The van der Waals surface area contributed by atoms with Gasteiger partial charge >= 0.3 is 0 Å². The van der Waals surface area contributed by atoms with Crippen LogP contribution in [0.5, 0.6) is 0 Å². The minimum absolute atomic E-state index is 0.0370. The average Bonchev–Trinajstić information content (AvgIpc) is 2.61. The zero-order chi connectivity index (χ0) is 11.8. The van der Waals surface area contributed by atoms with Gasteiger partial charge in [-0.1, -0.05) is 4.47 Å². The fourth-order valence-corrected chi connectivity index (χ4v) is 6.29. The highest BCUT2D eigenvalue weighted by atomic mass is 32.2. The largest absolute Gasteiger partial charge is 0.284 e. The lowest BCUT2D eigenvalue weighted by Crippen LogP contribution is -2.42. The van der Waals surface area contributed by atoms with Gasteiger partial charge in [-0.3, -0.25) is 4.84 Å². The second kappa shape index (κ2) is 4.25. The minimum atomic E-state index is -3.60. The van der Waals surface area contributed by atoms with Crippen LogP contribution in [-0.4, -0.2) is 51.2 Å². The van der Waals surface area contributed by atoms with E-state index in [1.165, 1.54) is 0 Å². The van der Waals surface area contributed by atoms with E-state index in [-0.39, 0.29) is 17.9 Å². The third-order valence-corrected chi connectivity index (χ3v) is 6.95. The summed E-state index contributed by atoms with van der Waals surface area (Å²) in [7, 11) is -6.78. The fourth-order valence-electron chi connectivity index (χ4n) is 1.94. The molecule has 16 heavy (non-hydrogen) atoms. The summed E-state index contributed by atoms with van der Waals surface area (Å²) in [5.41, 5.74) is 0. The van der Waals surface area contributed by atoms with Gasteiger partial charge in [0.25, 0.3) is 0 Å². The topological polar surface area (TPSA) is 80.8 Å². The Morgan fingerprint density at radius 2 is 2.00 bits per heavy atom. The third kappa shape index (κ3) is 2.39. The van der Waals surface area contributed by atoms with Crippen molar-refractivity contribution in [3.63, 3.8) is 0 Å². The Bertz CT molecular complexity index is 449. The molecular formula is C8H15NO5S2. The van der Waals surface area contributed by atoms with E-state index >= 15 is 0 Å². The Balaban J connectivity index is 2.13. The smallest absolute Gasteiger partial charge is 0.239 e. The first-order valence-electron chi connectivity index (χ1n) is 5.27. The number of sulfonamides is 1. The van der Waals surface area contributed by atoms with Crippen LogP contribution in [-0.2, 0) is 24.7 Å². The first-order valence-corrected chi connectivity index (χ1v) is 8.59. The van der Waals surface area contributed by atoms with Crippen LogP contribution in [0.4, 0.5) is 0 Å². The number of hydroxylamine groups is 1. The Morgan fingerprint density at radius 3 is 2.50 bits per heavy atom. The number of sulfone groups is 1. The Kier molecular flexibility index (Phi) is 3.26. The number of rotatable bonds is 2. The Hall–Kier alpha value is -0.180. The number of hydrogen-bond donors (Lipinski definition) is 0. The summed E-state index contributed by atoms with van der Waals surface area (Å²) in [4.78, 5) is 5.07. The average molecular weight is 269 g/mol. The van der Waals surface area contributed by atoms with E-state index in [1.54, 1.807) is 0 Å². The predicted molar refractivity (Wildman–Crippen MR) is 57.9 cm³/mol. The predicted octanol–water partition coefficient (Wildman–Crippen LogP) is -0.469. The quantitative estimate of drug-likeness (QED) is 0.677. The van der Waals surface area contributed by atoms with Crippen LogP contribution in [0.15, 0.2) is 0 Å². The van der Waals surface area contributed by atoms with Gasteiger partial charge in [0.2, 0.25) is 10.0 Å². The van der Waals surface area contributed by atoms with Crippen molar-refractivity contribution in [2.24, 2.45) is 0 Å². The molecule has 0 N–H and O–H groups in total. The molecule has 2 saturated heterocycles. The molecule has 6 nitrogen and oxygen atoms in total. The summed E-state index contributed by atoms with van der Waals surface area (Å²) in [5, 5.41) is -0.824. The molecule has 1 unspecified atom stereocenters. The molecule has 2 heterocycles. The van der Waals surface area contributed by atoms with Crippen LogP contribution in [0.1, 0.15) is 19.3 Å². The normalized spacial score (nSPS) is 31.6. The van der Waals surface area contributed by atoms with Crippen molar-refractivity contribution in [2.45, 2.75) is 24.5 Å². The first kappa shape index (κ1) is 12.3. The van der Waals surface area contributed by atoms with E-state index < -0.39 is 25.1 Å². The molecule has 0 aromatic heterocycles. The lowest BCUT2D eigenvalue weighted by Gasteiger charge is -2.27. The fraction of sp³-hybridized carbons (Fsp3) is 1.00. The molecule has 2 aliphatic rings. The van der Waals surface area contributed by atoms with E-state index in [0.29, 0.717) is 13.2 Å². The summed E-state index contributed by atoms with van der Waals surface area (Å²) in [5.74, 6) is -0.306. The van der Waals surface area contributed by atoms with Crippen LogP contribution in [0, 0.1) is 0 Å². The molecule has 0 aromatic rings. The van der Waals surface area contributed by atoms with Gasteiger partial charge in [0.1, 0.15) is 0 Å². The third-order valence-electron chi connectivity index (χ3n) is 2.87. The summed E-state index contributed by atoms with van der Waals surface area (Å²) >= 11 is 0. The van der Waals surface area contributed by atoms with E-state index in [4.69, 9.17) is 4.84 Å². The molecule has 0 aromatic carbocycles. The molecule has 0 radical (unpaired) electrons. The Labute approximate surface area is 95.5 Å². The van der Waals surface area contributed by atoms with Gasteiger partial charge < -0.3 is 0 Å². The number of nitrogens with zero attached hydrogens (tertiary/aromatic N) is 1. The Morgan fingerprint density at radius 1 is 1.25 bits per heavy atom. The molecule has 2 aliphatic heterocycles. The molecule has 8 heteroatoms. The van der Waals surface area contributed by atoms with Crippen LogP contribution >= 0.6 is 0 Å². The van der Waals surface area contributed by atoms with E-state index in [0.717, 1.165) is 17.3 Å². The van der Waals surface area contributed by atoms with Gasteiger partial charge in [-0.05, 0) is 19.3 Å². The van der Waals surface area contributed by atoms with Crippen molar-refractivity contribution in [1.82, 2.24) is 4.47 Å². The second-order valence-corrected chi connectivity index (χ2v) is 8.47. The van der Waals surface area contributed by atoms with Crippen molar-refractivity contribution in [3.05, 3.63) is 0 Å². The maximum atomic E-state index is 12.0. The molecule has 0 bridgehead atoms. The molecule has 1 atom stereocenters. The summed E-state index contributed by atoms with van der Waals surface area (Å²) < 4.78 is 47.5. The molecule has 0 spiro atoms. The van der Waals surface area contributed by atoms with Crippen molar-refractivity contribution in [3.8, 4) is 0 Å². The van der Waals surface area contributed by atoms with Crippen molar-refractivity contribution >= 4 is 19.9 Å². The van der Waals surface area contributed by atoms with Crippen LogP contribution in [0.25, 0.3) is 0 Å².